The van der Waals surface area contributed by atoms with Crippen LogP contribution in [0.25, 0.3) is 10.2 Å². The Balaban J connectivity index is 2.27. The van der Waals surface area contributed by atoms with Gasteiger partial charge in [-0.05, 0) is 18.4 Å². The Labute approximate surface area is 122 Å². The summed E-state index contributed by atoms with van der Waals surface area (Å²) >= 11 is 2.43. The van der Waals surface area contributed by atoms with Gasteiger partial charge in [-0.15, -0.1) is 11.3 Å². The van der Waals surface area contributed by atoms with Crippen LogP contribution in [0.15, 0.2) is 21.4 Å². The molecule has 3 amide bonds. The highest BCUT2D eigenvalue weighted by Crippen LogP contribution is 2.20. The number of carbonyl (C=O) groups is 2. The predicted molar refractivity (Wildman–Crippen MR) is 78.0 cm³/mol. The maximum atomic E-state index is 12.2. The highest BCUT2D eigenvalue weighted by Gasteiger charge is 2.13. The molecule has 0 saturated carbocycles. The van der Waals surface area contributed by atoms with Crippen LogP contribution in [-0.4, -0.2) is 27.2 Å². The minimum atomic E-state index is -0.898. The molecule has 106 valence electrons. The Morgan fingerprint density at radius 3 is 2.95 bits per heavy atom. The number of thioether (sulfide) groups is 1. The minimum absolute atomic E-state index is 0.0367. The second-order valence-electron chi connectivity index (χ2n) is 3.78. The van der Waals surface area contributed by atoms with Crippen LogP contribution in [-0.2, 0) is 11.3 Å². The summed E-state index contributed by atoms with van der Waals surface area (Å²) in [5.74, 6) is -0.560. The predicted octanol–water partition coefficient (Wildman–Crippen LogP) is 0.765. The van der Waals surface area contributed by atoms with Crippen molar-refractivity contribution in [1.29, 1.82) is 0 Å². The summed E-state index contributed by atoms with van der Waals surface area (Å²) in [6, 6.07) is 0.860. The normalized spacial score (nSPS) is 10.7. The van der Waals surface area contributed by atoms with Crippen LogP contribution >= 0.6 is 23.1 Å². The number of imide groups is 1. The van der Waals surface area contributed by atoms with Gasteiger partial charge in [0, 0.05) is 6.54 Å². The molecule has 0 aliphatic rings. The molecule has 0 spiro atoms. The molecule has 0 unspecified atom stereocenters. The number of carbonyl (C=O) groups excluding carboxylic acids is 2. The number of fused-ring (bicyclic) bond motifs is 1. The number of hydrogen-bond acceptors (Lipinski definition) is 6. The van der Waals surface area contributed by atoms with Crippen LogP contribution in [0, 0.1) is 0 Å². The maximum absolute atomic E-state index is 12.2. The number of primary amides is 1. The second-order valence-corrected chi connectivity index (χ2v) is 5.64. The monoisotopic (exact) mass is 312 g/mol. The Hall–Kier alpha value is -1.87. The SMILES string of the molecule is CCn1c(SCC(=O)NC(N)=O)nc2ccsc2c1=O. The van der Waals surface area contributed by atoms with E-state index in [9.17, 15) is 14.4 Å². The van der Waals surface area contributed by atoms with Crippen LogP contribution in [0.4, 0.5) is 4.79 Å². The van der Waals surface area contributed by atoms with Crippen LogP contribution in [0.5, 0.6) is 0 Å². The summed E-state index contributed by atoms with van der Waals surface area (Å²) < 4.78 is 2.10. The number of aromatic nitrogens is 2. The standard InChI is InChI=1S/C11H12N4O3S2/c1-2-15-9(17)8-6(3-4-19-8)13-11(15)20-5-7(16)14-10(12)18/h3-4H,2,5H2,1H3,(H3,12,14,16,18). The third kappa shape index (κ3) is 2.99. The van der Waals surface area contributed by atoms with E-state index < -0.39 is 11.9 Å². The zero-order valence-electron chi connectivity index (χ0n) is 10.6. The van der Waals surface area contributed by atoms with E-state index in [1.165, 1.54) is 15.9 Å². The molecule has 0 aliphatic heterocycles. The molecule has 3 N–H and O–H groups in total. The van der Waals surface area contributed by atoms with Gasteiger partial charge in [0.05, 0.1) is 11.3 Å². The Morgan fingerprint density at radius 1 is 1.55 bits per heavy atom. The lowest BCUT2D eigenvalue weighted by Crippen LogP contribution is -2.36. The maximum Gasteiger partial charge on any atom is 0.318 e. The third-order valence-corrected chi connectivity index (χ3v) is 4.31. The molecule has 2 rings (SSSR count). The van der Waals surface area contributed by atoms with Crippen LogP contribution < -0.4 is 16.6 Å². The molecule has 2 aromatic rings. The van der Waals surface area contributed by atoms with Crippen molar-refractivity contribution in [1.82, 2.24) is 14.9 Å². The number of thiophene rings is 1. The van der Waals surface area contributed by atoms with Gasteiger partial charge >= 0.3 is 6.03 Å². The van der Waals surface area contributed by atoms with Crippen molar-refractivity contribution in [3.63, 3.8) is 0 Å². The summed E-state index contributed by atoms with van der Waals surface area (Å²) in [5, 5.41) is 4.21. The zero-order valence-corrected chi connectivity index (χ0v) is 12.2. The average molecular weight is 312 g/mol. The van der Waals surface area contributed by atoms with E-state index in [4.69, 9.17) is 5.73 Å². The molecular weight excluding hydrogens is 300 g/mol. The van der Waals surface area contributed by atoms with E-state index in [1.807, 2.05) is 12.2 Å². The van der Waals surface area contributed by atoms with Crippen molar-refractivity contribution in [2.24, 2.45) is 5.73 Å². The molecule has 2 aromatic heterocycles. The molecule has 0 bridgehead atoms. The smallest absolute Gasteiger partial charge is 0.318 e. The lowest BCUT2D eigenvalue weighted by Gasteiger charge is -2.09. The van der Waals surface area contributed by atoms with E-state index in [0.29, 0.717) is 21.9 Å². The minimum Gasteiger partial charge on any atom is -0.351 e. The van der Waals surface area contributed by atoms with E-state index in [0.717, 1.165) is 11.8 Å². The number of nitrogens with zero attached hydrogens (tertiary/aromatic N) is 2. The number of nitrogens with two attached hydrogens (primary N) is 1. The molecule has 2 heterocycles. The fourth-order valence-electron chi connectivity index (χ4n) is 1.62. The Bertz CT molecular complexity index is 722. The first kappa shape index (κ1) is 14.5. The topological polar surface area (TPSA) is 107 Å². The van der Waals surface area contributed by atoms with Gasteiger partial charge in [0.25, 0.3) is 5.56 Å². The van der Waals surface area contributed by atoms with Gasteiger partial charge in [-0.1, -0.05) is 11.8 Å². The van der Waals surface area contributed by atoms with Crippen molar-refractivity contribution < 1.29 is 9.59 Å². The van der Waals surface area contributed by atoms with Crippen molar-refractivity contribution in [2.45, 2.75) is 18.6 Å². The van der Waals surface area contributed by atoms with E-state index in [2.05, 4.69) is 4.98 Å². The summed E-state index contributed by atoms with van der Waals surface area (Å²) in [7, 11) is 0. The van der Waals surface area contributed by atoms with Gasteiger partial charge < -0.3 is 5.73 Å². The second kappa shape index (κ2) is 6.06. The quantitative estimate of drug-likeness (QED) is 0.640. The molecule has 20 heavy (non-hydrogen) atoms. The summed E-state index contributed by atoms with van der Waals surface area (Å²) in [5.41, 5.74) is 5.35. The number of amides is 3. The molecule has 0 atom stereocenters. The highest BCUT2D eigenvalue weighted by atomic mass is 32.2. The fraction of sp³-hybridized carbons (Fsp3) is 0.273. The lowest BCUT2D eigenvalue weighted by molar-refractivity contribution is -0.117. The molecular formula is C11H12N4O3S2. The first-order valence-corrected chi connectivity index (χ1v) is 7.59. The largest absolute Gasteiger partial charge is 0.351 e. The van der Waals surface area contributed by atoms with Crippen LogP contribution in [0.1, 0.15) is 6.92 Å². The van der Waals surface area contributed by atoms with E-state index in [1.54, 1.807) is 11.4 Å². The average Bonchev–Trinajstić information content (AvgIpc) is 2.84. The third-order valence-electron chi connectivity index (χ3n) is 2.44. The molecule has 9 heteroatoms. The van der Waals surface area contributed by atoms with Gasteiger partial charge in [0.1, 0.15) is 4.70 Å². The number of urea groups is 1. The first-order chi connectivity index (χ1) is 9.52. The molecule has 0 aromatic carbocycles. The molecule has 7 nitrogen and oxygen atoms in total. The van der Waals surface area contributed by atoms with Crippen molar-refractivity contribution in [2.75, 3.05) is 5.75 Å². The number of nitrogens with one attached hydrogen (secondary N) is 1. The van der Waals surface area contributed by atoms with Crippen molar-refractivity contribution >= 4 is 45.3 Å². The molecule has 0 aliphatic carbocycles. The van der Waals surface area contributed by atoms with E-state index >= 15 is 0 Å². The summed E-state index contributed by atoms with van der Waals surface area (Å²) in [4.78, 5) is 38.5. The number of rotatable bonds is 4. The zero-order chi connectivity index (χ0) is 14.7. The Morgan fingerprint density at radius 2 is 2.30 bits per heavy atom. The van der Waals surface area contributed by atoms with Gasteiger partial charge in [-0.2, -0.15) is 0 Å². The number of hydrogen-bond donors (Lipinski definition) is 2. The fourth-order valence-corrected chi connectivity index (χ4v) is 3.26. The van der Waals surface area contributed by atoms with Gasteiger partial charge in [0.15, 0.2) is 5.16 Å². The van der Waals surface area contributed by atoms with Gasteiger partial charge in [-0.25, -0.2) is 9.78 Å². The van der Waals surface area contributed by atoms with Crippen molar-refractivity contribution in [3.8, 4) is 0 Å². The van der Waals surface area contributed by atoms with Gasteiger partial charge in [-0.3, -0.25) is 19.5 Å². The summed E-state index contributed by atoms with van der Waals surface area (Å²) in [6.45, 7) is 2.29. The van der Waals surface area contributed by atoms with Gasteiger partial charge in [0.2, 0.25) is 5.91 Å². The van der Waals surface area contributed by atoms with Crippen LogP contribution in [0.2, 0.25) is 0 Å². The van der Waals surface area contributed by atoms with E-state index in [-0.39, 0.29) is 11.3 Å². The highest BCUT2D eigenvalue weighted by molar-refractivity contribution is 7.99. The molecule has 0 radical (unpaired) electrons. The summed E-state index contributed by atoms with van der Waals surface area (Å²) in [6.07, 6.45) is 0. The van der Waals surface area contributed by atoms with Crippen LogP contribution in [0.3, 0.4) is 0 Å². The molecule has 0 saturated heterocycles. The molecule has 0 fully saturated rings. The van der Waals surface area contributed by atoms with Crippen molar-refractivity contribution in [3.05, 3.63) is 21.8 Å². The lowest BCUT2D eigenvalue weighted by atomic mass is 10.5. The Kier molecular flexibility index (Phi) is 4.40. The first-order valence-electron chi connectivity index (χ1n) is 5.73.